The smallest absolute Gasteiger partial charge is 0.229 e. The minimum atomic E-state index is -0.335. The standard InChI is InChI=1S/C13H14BrN3O/c1-7-2-3-9(6-10(7)14)11(15)12-16-13(18-17-12)8-4-5-8/h2-3,6,8,11H,4-5,15H2,1H3. The van der Waals surface area contributed by atoms with Crippen LogP contribution < -0.4 is 5.73 Å². The minimum absolute atomic E-state index is 0.335. The molecule has 1 aromatic heterocycles. The Hall–Kier alpha value is -1.20. The van der Waals surface area contributed by atoms with Crippen molar-refractivity contribution in [3.63, 3.8) is 0 Å². The van der Waals surface area contributed by atoms with Gasteiger partial charge in [0.25, 0.3) is 0 Å². The molecule has 1 aliphatic carbocycles. The predicted octanol–water partition coefficient (Wildman–Crippen LogP) is 3.07. The molecule has 0 spiro atoms. The van der Waals surface area contributed by atoms with E-state index in [4.69, 9.17) is 10.3 Å². The number of rotatable bonds is 3. The Morgan fingerprint density at radius 2 is 2.22 bits per heavy atom. The summed E-state index contributed by atoms with van der Waals surface area (Å²) in [4.78, 5) is 4.38. The van der Waals surface area contributed by atoms with Gasteiger partial charge in [-0.05, 0) is 37.0 Å². The zero-order valence-corrected chi connectivity index (χ0v) is 11.6. The van der Waals surface area contributed by atoms with Crippen molar-refractivity contribution in [1.29, 1.82) is 0 Å². The Bertz CT molecular complexity index is 577. The highest BCUT2D eigenvalue weighted by molar-refractivity contribution is 9.10. The Morgan fingerprint density at radius 1 is 1.44 bits per heavy atom. The topological polar surface area (TPSA) is 64.9 Å². The lowest BCUT2D eigenvalue weighted by Gasteiger charge is -2.09. The van der Waals surface area contributed by atoms with Crippen molar-refractivity contribution < 1.29 is 4.52 Å². The third kappa shape index (κ3) is 2.20. The van der Waals surface area contributed by atoms with Gasteiger partial charge < -0.3 is 10.3 Å². The Balaban J connectivity index is 1.87. The zero-order valence-electron chi connectivity index (χ0n) is 10.1. The highest BCUT2D eigenvalue weighted by Gasteiger charge is 2.30. The molecule has 1 atom stereocenters. The van der Waals surface area contributed by atoms with Crippen LogP contribution in [-0.2, 0) is 0 Å². The Kier molecular flexibility index (Phi) is 2.95. The number of hydrogen-bond acceptors (Lipinski definition) is 4. The number of hydrogen-bond donors (Lipinski definition) is 1. The van der Waals surface area contributed by atoms with Gasteiger partial charge in [-0.25, -0.2) is 0 Å². The molecule has 1 aliphatic rings. The molecular formula is C13H14BrN3O. The first-order chi connectivity index (χ1) is 8.65. The fourth-order valence-corrected chi connectivity index (χ4v) is 2.22. The van der Waals surface area contributed by atoms with Gasteiger partial charge >= 0.3 is 0 Å². The van der Waals surface area contributed by atoms with E-state index in [0.717, 1.165) is 28.8 Å². The molecule has 18 heavy (non-hydrogen) atoms. The van der Waals surface area contributed by atoms with Crippen LogP contribution in [0.5, 0.6) is 0 Å². The van der Waals surface area contributed by atoms with Crippen LogP contribution in [0.1, 0.15) is 47.6 Å². The number of benzene rings is 1. The molecule has 2 N–H and O–H groups in total. The van der Waals surface area contributed by atoms with E-state index in [2.05, 4.69) is 26.1 Å². The van der Waals surface area contributed by atoms with Crippen LogP contribution in [0.25, 0.3) is 0 Å². The molecule has 1 aromatic carbocycles. The first kappa shape index (κ1) is 11.9. The van der Waals surface area contributed by atoms with Gasteiger partial charge in [0.15, 0.2) is 5.82 Å². The van der Waals surface area contributed by atoms with Gasteiger partial charge in [0.05, 0.1) is 6.04 Å². The summed E-state index contributed by atoms with van der Waals surface area (Å²) in [6.07, 6.45) is 2.29. The van der Waals surface area contributed by atoms with E-state index in [1.54, 1.807) is 0 Å². The molecule has 2 aromatic rings. The summed E-state index contributed by atoms with van der Waals surface area (Å²) in [6.45, 7) is 2.04. The number of aryl methyl sites for hydroxylation is 1. The van der Waals surface area contributed by atoms with E-state index < -0.39 is 0 Å². The van der Waals surface area contributed by atoms with Crippen molar-refractivity contribution in [2.45, 2.75) is 31.7 Å². The lowest BCUT2D eigenvalue weighted by molar-refractivity contribution is 0.372. The maximum Gasteiger partial charge on any atom is 0.229 e. The second kappa shape index (κ2) is 4.48. The van der Waals surface area contributed by atoms with E-state index in [1.807, 2.05) is 25.1 Å². The maximum atomic E-state index is 6.16. The van der Waals surface area contributed by atoms with Crippen molar-refractivity contribution in [2.24, 2.45) is 5.73 Å². The van der Waals surface area contributed by atoms with Crippen molar-refractivity contribution in [1.82, 2.24) is 10.1 Å². The monoisotopic (exact) mass is 307 g/mol. The molecule has 94 valence electrons. The largest absolute Gasteiger partial charge is 0.339 e. The molecule has 0 aliphatic heterocycles. The van der Waals surface area contributed by atoms with Crippen molar-refractivity contribution in [3.8, 4) is 0 Å². The summed E-state index contributed by atoms with van der Waals surface area (Å²) in [5.41, 5.74) is 8.32. The van der Waals surface area contributed by atoms with E-state index in [9.17, 15) is 0 Å². The third-order valence-corrected chi connectivity index (χ3v) is 4.07. The fourth-order valence-electron chi connectivity index (χ4n) is 1.82. The zero-order chi connectivity index (χ0) is 12.7. The van der Waals surface area contributed by atoms with E-state index in [0.29, 0.717) is 11.7 Å². The normalized spacial score (nSPS) is 16.8. The average Bonchev–Trinajstić information content (AvgIpc) is 3.10. The molecule has 4 nitrogen and oxygen atoms in total. The van der Waals surface area contributed by atoms with E-state index in [-0.39, 0.29) is 6.04 Å². The quantitative estimate of drug-likeness (QED) is 0.946. The number of nitrogens with zero attached hydrogens (tertiary/aromatic N) is 2. The highest BCUT2D eigenvalue weighted by Crippen LogP contribution is 2.39. The number of aromatic nitrogens is 2. The lowest BCUT2D eigenvalue weighted by atomic mass is 10.1. The number of nitrogens with two attached hydrogens (primary N) is 1. The summed E-state index contributed by atoms with van der Waals surface area (Å²) in [7, 11) is 0. The molecule has 1 fully saturated rings. The van der Waals surface area contributed by atoms with Gasteiger partial charge in [-0.3, -0.25) is 0 Å². The van der Waals surface area contributed by atoms with Crippen LogP contribution in [-0.4, -0.2) is 10.1 Å². The molecule has 1 saturated carbocycles. The molecule has 5 heteroatoms. The summed E-state index contributed by atoms with van der Waals surface area (Å²) in [5.74, 6) is 1.75. The van der Waals surface area contributed by atoms with Crippen molar-refractivity contribution in [3.05, 3.63) is 45.5 Å². The molecule has 1 heterocycles. The summed E-state index contributed by atoms with van der Waals surface area (Å²) in [5, 5.41) is 3.98. The maximum absolute atomic E-state index is 6.16. The molecule has 1 unspecified atom stereocenters. The van der Waals surface area contributed by atoms with Crippen LogP contribution in [0.4, 0.5) is 0 Å². The summed E-state index contributed by atoms with van der Waals surface area (Å²) < 4.78 is 6.28. The predicted molar refractivity (Wildman–Crippen MR) is 71.2 cm³/mol. The molecule has 0 saturated heterocycles. The van der Waals surface area contributed by atoms with Crippen LogP contribution in [0.15, 0.2) is 27.2 Å². The van der Waals surface area contributed by atoms with Crippen LogP contribution in [0.3, 0.4) is 0 Å². The first-order valence-electron chi connectivity index (χ1n) is 6.00. The second-order valence-corrected chi connectivity index (χ2v) is 5.61. The van der Waals surface area contributed by atoms with E-state index in [1.165, 1.54) is 5.56 Å². The molecular weight excluding hydrogens is 294 g/mol. The first-order valence-corrected chi connectivity index (χ1v) is 6.79. The molecule has 0 radical (unpaired) electrons. The molecule has 0 bridgehead atoms. The SMILES string of the molecule is Cc1ccc(C(N)c2noc(C3CC3)n2)cc1Br. The van der Waals surface area contributed by atoms with Gasteiger partial charge in [0.2, 0.25) is 5.89 Å². The lowest BCUT2D eigenvalue weighted by Crippen LogP contribution is -2.13. The fraction of sp³-hybridized carbons (Fsp3) is 0.385. The van der Waals surface area contributed by atoms with Crippen LogP contribution in [0, 0.1) is 6.92 Å². The summed E-state index contributed by atoms with van der Waals surface area (Å²) >= 11 is 3.51. The highest BCUT2D eigenvalue weighted by atomic mass is 79.9. The van der Waals surface area contributed by atoms with Crippen LogP contribution in [0.2, 0.25) is 0 Å². The molecule has 3 rings (SSSR count). The minimum Gasteiger partial charge on any atom is -0.339 e. The second-order valence-electron chi connectivity index (χ2n) is 4.75. The average molecular weight is 308 g/mol. The van der Waals surface area contributed by atoms with Crippen LogP contribution >= 0.6 is 15.9 Å². The van der Waals surface area contributed by atoms with Crippen molar-refractivity contribution >= 4 is 15.9 Å². The Labute approximate surface area is 114 Å². The van der Waals surface area contributed by atoms with Gasteiger partial charge in [-0.1, -0.05) is 33.2 Å². The summed E-state index contributed by atoms with van der Waals surface area (Å²) in [6, 6.07) is 5.70. The van der Waals surface area contributed by atoms with Gasteiger partial charge in [0, 0.05) is 10.4 Å². The van der Waals surface area contributed by atoms with Gasteiger partial charge in [-0.2, -0.15) is 4.98 Å². The third-order valence-electron chi connectivity index (χ3n) is 3.22. The molecule has 0 amide bonds. The number of halogens is 1. The Morgan fingerprint density at radius 3 is 2.89 bits per heavy atom. The van der Waals surface area contributed by atoms with Gasteiger partial charge in [-0.15, -0.1) is 0 Å². The van der Waals surface area contributed by atoms with Gasteiger partial charge in [0.1, 0.15) is 0 Å². The van der Waals surface area contributed by atoms with Crippen molar-refractivity contribution in [2.75, 3.05) is 0 Å². The van der Waals surface area contributed by atoms with E-state index >= 15 is 0 Å².